The molecule has 2 nitrogen and oxygen atoms in total. The molecular formula is C9H17NO. The van der Waals surface area contributed by atoms with E-state index >= 15 is 0 Å². The summed E-state index contributed by atoms with van der Waals surface area (Å²) in [6, 6.07) is 0.736. The Kier molecular flexibility index (Phi) is 1.69. The lowest BCUT2D eigenvalue weighted by atomic mass is 10.1. The van der Waals surface area contributed by atoms with Gasteiger partial charge >= 0.3 is 0 Å². The largest absolute Gasteiger partial charge is 0.372 e. The fourth-order valence-corrected chi connectivity index (χ4v) is 2.37. The summed E-state index contributed by atoms with van der Waals surface area (Å²) in [5.41, 5.74) is 0.208. The quantitative estimate of drug-likeness (QED) is 0.595. The van der Waals surface area contributed by atoms with Crippen LogP contribution in [-0.4, -0.2) is 36.2 Å². The average Bonchev–Trinajstić information content (AvgIpc) is 2.43. The van der Waals surface area contributed by atoms with Gasteiger partial charge in [0.05, 0.1) is 12.2 Å². The highest BCUT2D eigenvalue weighted by molar-refractivity contribution is 4.99. The van der Waals surface area contributed by atoms with Gasteiger partial charge in [-0.25, -0.2) is 0 Å². The minimum absolute atomic E-state index is 0.208. The molecule has 0 spiro atoms. The second kappa shape index (κ2) is 2.46. The molecule has 0 N–H and O–H groups in total. The van der Waals surface area contributed by atoms with E-state index in [0.29, 0.717) is 0 Å². The highest BCUT2D eigenvalue weighted by atomic mass is 16.5. The molecule has 0 aromatic rings. The van der Waals surface area contributed by atoms with E-state index in [4.69, 9.17) is 4.74 Å². The summed E-state index contributed by atoms with van der Waals surface area (Å²) in [6.07, 6.45) is 2.53. The van der Waals surface area contributed by atoms with Crippen LogP contribution in [0.5, 0.6) is 0 Å². The third-order valence-corrected chi connectivity index (χ3v) is 2.86. The van der Waals surface area contributed by atoms with Gasteiger partial charge in [0.2, 0.25) is 0 Å². The summed E-state index contributed by atoms with van der Waals surface area (Å²) < 4.78 is 5.67. The van der Waals surface area contributed by atoms with E-state index in [1.54, 1.807) is 0 Å². The van der Waals surface area contributed by atoms with E-state index in [1.165, 1.54) is 19.4 Å². The first-order valence-electron chi connectivity index (χ1n) is 4.61. The molecule has 11 heavy (non-hydrogen) atoms. The maximum Gasteiger partial charge on any atom is 0.0797 e. The van der Waals surface area contributed by atoms with Crippen LogP contribution in [0, 0.1) is 0 Å². The summed E-state index contributed by atoms with van der Waals surface area (Å²) in [7, 11) is 0. The van der Waals surface area contributed by atoms with Crippen molar-refractivity contribution in [3.05, 3.63) is 0 Å². The van der Waals surface area contributed by atoms with E-state index in [9.17, 15) is 0 Å². The van der Waals surface area contributed by atoms with Crippen molar-refractivity contribution in [3.63, 3.8) is 0 Å². The number of fused-ring (bicyclic) bond motifs is 2. The Bertz CT molecular complexity index is 160. The van der Waals surface area contributed by atoms with E-state index in [1.807, 2.05) is 0 Å². The number of hydrogen-bond donors (Lipinski definition) is 0. The Labute approximate surface area is 68.5 Å². The van der Waals surface area contributed by atoms with Gasteiger partial charge < -0.3 is 4.74 Å². The van der Waals surface area contributed by atoms with Gasteiger partial charge in [-0.3, -0.25) is 4.90 Å². The third kappa shape index (κ3) is 1.18. The minimum Gasteiger partial charge on any atom is -0.372 e. The smallest absolute Gasteiger partial charge is 0.0797 e. The minimum atomic E-state index is 0.208. The predicted octanol–water partition coefficient (Wildman–Crippen LogP) is 1.26. The van der Waals surface area contributed by atoms with E-state index in [-0.39, 0.29) is 5.60 Å². The van der Waals surface area contributed by atoms with Gasteiger partial charge in [0.15, 0.2) is 0 Å². The first-order chi connectivity index (χ1) is 5.23. The molecule has 2 rings (SSSR count). The molecule has 0 unspecified atom stereocenters. The van der Waals surface area contributed by atoms with Crippen LogP contribution >= 0.6 is 0 Å². The average molecular weight is 155 g/mol. The zero-order valence-corrected chi connectivity index (χ0v) is 7.47. The summed E-state index contributed by atoms with van der Waals surface area (Å²) in [5.74, 6) is 0. The normalized spacial score (nSPS) is 43.6. The Morgan fingerprint density at radius 3 is 2.91 bits per heavy atom. The van der Waals surface area contributed by atoms with Crippen LogP contribution in [0.2, 0.25) is 0 Å². The molecular weight excluding hydrogens is 138 g/mol. The number of rotatable bonds is 2. The van der Waals surface area contributed by atoms with Gasteiger partial charge in [-0.05, 0) is 26.3 Å². The van der Waals surface area contributed by atoms with Crippen LogP contribution in [0.15, 0.2) is 0 Å². The Hall–Kier alpha value is -0.0800. The lowest BCUT2D eigenvalue weighted by Crippen LogP contribution is -2.41. The molecule has 0 aliphatic carbocycles. The molecule has 2 saturated heterocycles. The number of hydrogen-bond acceptors (Lipinski definition) is 2. The molecule has 0 saturated carbocycles. The molecule has 2 atom stereocenters. The number of morpholine rings is 1. The van der Waals surface area contributed by atoms with Crippen LogP contribution in [-0.2, 0) is 4.74 Å². The summed E-state index contributed by atoms with van der Waals surface area (Å²) in [5, 5.41) is 0. The molecule has 0 radical (unpaired) electrons. The zero-order chi connectivity index (χ0) is 7.90. The topological polar surface area (TPSA) is 12.5 Å². The first kappa shape index (κ1) is 7.56. The van der Waals surface area contributed by atoms with Gasteiger partial charge in [-0.15, -0.1) is 0 Å². The second-order valence-electron chi connectivity index (χ2n) is 4.09. The number of nitrogens with zero attached hydrogens (tertiary/aromatic N) is 1. The summed E-state index contributed by atoms with van der Waals surface area (Å²) in [4.78, 5) is 2.57. The van der Waals surface area contributed by atoms with Crippen molar-refractivity contribution in [2.45, 2.75) is 38.3 Å². The third-order valence-electron chi connectivity index (χ3n) is 2.86. The van der Waals surface area contributed by atoms with Gasteiger partial charge in [-0.2, -0.15) is 0 Å². The molecule has 2 heterocycles. The number of ether oxygens (including phenoxy) is 1. The van der Waals surface area contributed by atoms with Crippen molar-refractivity contribution in [3.8, 4) is 0 Å². The molecule has 2 heteroatoms. The highest BCUT2D eigenvalue weighted by Crippen LogP contribution is 2.36. The highest BCUT2D eigenvalue weighted by Gasteiger charge is 2.46. The maximum absolute atomic E-state index is 5.67. The fraction of sp³-hybridized carbons (Fsp3) is 1.00. The van der Waals surface area contributed by atoms with Crippen molar-refractivity contribution < 1.29 is 4.74 Å². The van der Waals surface area contributed by atoms with Crippen LogP contribution < -0.4 is 0 Å². The lowest BCUT2D eigenvalue weighted by molar-refractivity contribution is -0.0326. The molecule has 2 aliphatic heterocycles. The van der Waals surface area contributed by atoms with Crippen molar-refractivity contribution in [2.24, 2.45) is 0 Å². The molecule has 2 aliphatic rings. The predicted molar refractivity (Wildman–Crippen MR) is 44.6 cm³/mol. The van der Waals surface area contributed by atoms with Gasteiger partial charge in [0.1, 0.15) is 0 Å². The molecule has 2 bridgehead atoms. The first-order valence-corrected chi connectivity index (χ1v) is 4.61. The van der Waals surface area contributed by atoms with Crippen LogP contribution in [0.4, 0.5) is 0 Å². The lowest BCUT2D eigenvalue weighted by Gasteiger charge is -2.30. The van der Waals surface area contributed by atoms with Crippen LogP contribution in [0.25, 0.3) is 0 Å². The Balaban J connectivity index is 1.98. The van der Waals surface area contributed by atoms with Crippen LogP contribution in [0.3, 0.4) is 0 Å². The van der Waals surface area contributed by atoms with Gasteiger partial charge in [0.25, 0.3) is 0 Å². The van der Waals surface area contributed by atoms with Crippen molar-refractivity contribution in [1.82, 2.24) is 4.90 Å². The van der Waals surface area contributed by atoms with Crippen molar-refractivity contribution >= 4 is 0 Å². The molecule has 64 valence electrons. The molecule has 0 aromatic carbocycles. The molecule has 0 aromatic heterocycles. The Morgan fingerprint density at radius 2 is 2.45 bits per heavy atom. The van der Waals surface area contributed by atoms with E-state index in [0.717, 1.165) is 19.2 Å². The molecule has 2 fully saturated rings. The van der Waals surface area contributed by atoms with E-state index in [2.05, 4.69) is 18.7 Å². The standard InChI is InChI=1S/C9H17NO/c1-3-4-10-7-9(2)5-8(10)6-11-9/h8H,3-7H2,1-2H3/t8-,9-/m1/s1. The van der Waals surface area contributed by atoms with Gasteiger partial charge in [0, 0.05) is 12.6 Å². The van der Waals surface area contributed by atoms with Crippen molar-refractivity contribution in [2.75, 3.05) is 19.7 Å². The Morgan fingerprint density at radius 1 is 1.64 bits per heavy atom. The SMILES string of the molecule is CCCN1C[C@@]2(C)C[C@@H]1CO2. The maximum atomic E-state index is 5.67. The molecule has 0 amide bonds. The van der Waals surface area contributed by atoms with Gasteiger partial charge in [-0.1, -0.05) is 6.92 Å². The fourth-order valence-electron chi connectivity index (χ4n) is 2.37. The van der Waals surface area contributed by atoms with Crippen LogP contribution in [0.1, 0.15) is 26.7 Å². The van der Waals surface area contributed by atoms with Crippen molar-refractivity contribution in [1.29, 1.82) is 0 Å². The van der Waals surface area contributed by atoms with E-state index < -0.39 is 0 Å². The second-order valence-corrected chi connectivity index (χ2v) is 4.09. The summed E-state index contributed by atoms with van der Waals surface area (Å²) >= 11 is 0. The monoisotopic (exact) mass is 155 g/mol. The summed E-state index contributed by atoms with van der Waals surface area (Å²) in [6.45, 7) is 7.86. The zero-order valence-electron chi connectivity index (χ0n) is 7.47. The number of likely N-dealkylation sites (tertiary alicyclic amines) is 1.